The van der Waals surface area contributed by atoms with E-state index in [0.29, 0.717) is 18.0 Å². The third-order valence-corrected chi connectivity index (χ3v) is 6.64. The average molecular weight is 340 g/mol. The average Bonchev–Trinajstić information content (AvgIpc) is 3.07. The summed E-state index contributed by atoms with van der Waals surface area (Å²) in [7, 11) is -3.41. The first-order valence-electron chi connectivity index (χ1n) is 8.27. The fraction of sp³-hybridized carbons (Fsp3) is 0.263. The lowest BCUT2D eigenvalue weighted by molar-refractivity contribution is 0.313. The summed E-state index contributed by atoms with van der Waals surface area (Å²) in [5, 5.41) is 1.18. The van der Waals surface area contributed by atoms with Crippen LogP contribution < -0.4 is 0 Å². The van der Waals surface area contributed by atoms with E-state index in [0.717, 1.165) is 24.1 Å². The van der Waals surface area contributed by atoms with E-state index < -0.39 is 10.0 Å². The van der Waals surface area contributed by atoms with Gasteiger partial charge in [0.2, 0.25) is 10.0 Å². The van der Waals surface area contributed by atoms with Gasteiger partial charge >= 0.3 is 0 Å². The summed E-state index contributed by atoms with van der Waals surface area (Å²) in [5.41, 5.74) is 2.24. The lowest BCUT2D eigenvalue weighted by atomic mass is 9.96. The minimum absolute atomic E-state index is 0.213. The molecule has 0 amide bonds. The van der Waals surface area contributed by atoms with Crippen molar-refractivity contribution in [3.63, 3.8) is 0 Å². The van der Waals surface area contributed by atoms with Crippen molar-refractivity contribution in [1.82, 2.24) is 9.29 Å². The molecule has 1 unspecified atom stereocenters. The molecule has 1 saturated heterocycles. The van der Waals surface area contributed by atoms with E-state index in [1.165, 1.54) is 5.39 Å². The predicted molar refractivity (Wildman–Crippen MR) is 95.5 cm³/mol. The zero-order chi connectivity index (χ0) is 16.6. The minimum atomic E-state index is -3.41. The Morgan fingerprint density at radius 2 is 1.75 bits per heavy atom. The lowest BCUT2D eigenvalue weighted by Crippen LogP contribution is -2.39. The molecule has 4 rings (SSSR count). The molecule has 5 heteroatoms. The van der Waals surface area contributed by atoms with Crippen LogP contribution in [0.5, 0.6) is 0 Å². The molecule has 0 spiro atoms. The number of para-hydroxylation sites is 1. The van der Waals surface area contributed by atoms with Crippen LogP contribution in [0, 0.1) is 0 Å². The van der Waals surface area contributed by atoms with Crippen molar-refractivity contribution in [1.29, 1.82) is 0 Å². The summed E-state index contributed by atoms with van der Waals surface area (Å²) in [6.45, 7) is 1.12. The van der Waals surface area contributed by atoms with Crippen LogP contribution in [0.2, 0.25) is 0 Å². The third kappa shape index (κ3) is 2.74. The minimum Gasteiger partial charge on any atom is -0.358 e. The molecule has 1 aliphatic rings. The summed E-state index contributed by atoms with van der Waals surface area (Å²) in [6.07, 6.45) is 1.89. The van der Waals surface area contributed by atoms with Crippen molar-refractivity contribution in [3.8, 4) is 0 Å². The molecule has 0 radical (unpaired) electrons. The fourth-order valence-corrected chi connectivity index (χ4v) is 5.02. The Bertz CT molecular complexity index is 915. The quantitative estimate of drug-likeness (QED) is 0.790. The van der Waals surface area contributed by atoms with Crippen LogP contribution in [-0.4, -0.2) is 30.8 Å². The summed E-state index contributed by atoms with van der Waals surface area (Å²) in [6, 6.07) is 19.0. The standard InChI is InChI=1S/C19H20N2O2S/c22-24(23,17-9-2-1-3-10-17)21-12-6-8-16(14-21)19-13-15-7-4-5-11-18(15)20-19/h1-5,7,9-11,13,16,20H,6,8,12,14H2. The molecule has 3 aromatic rings. The van der Waals surface area contributed by atoms with Crippen LogP contribution in [0.3, 0.4) is 0 Å². The largest absolute Gasteiger partial charge is 0.358 e. The van der Waals surface area contributed by atoms with Gasteiger partial charge in [0.05, 0.1) is 4.90 Å². The van der Waals surface area contributed by atoms with Crippen LogP contribution in [-0.2, 0) is 10.0 Å². The highest BCUT2D eigenvalue weighted by molar-refractivity contribution is 7.89. The van der Waals surface area contributed by atoms with Crippen LogP contribution in [0.4, 0.5) is 0 Å². The molecule has 1 atom stereocenters. The van der Waals surface area contributed by atoms with Gasteiger partial charge in [0.25, 0.3) is 0 Å². The highest BCUT2D eigenvalue weighted by Crippen LogP contribution is 2.31. The van der Waals surface area contributed by atoms with Gasteiger partial charge in [-0.15, -0.1) is 0 Å². The van der Waals surface area contributed by atoms with Gasteiger partial charge in [0.1, 0.15) is 0 Å². The molecule has 1 N–H and O–H groups in total. The molecule has 0 saturated carbocycles. The second-order valence-corrected chi connectivity index (χ2v) is 8.27. The second-order valence-electron chi connectivity index (χ2n) is 6.33. The molecule has 1 fully saturated rings. The summed E-state index contributed by atoms with van der Waals surface area (Å²) in [4.78, 5) is 3.83. The van der Waals surface area contributed by atoms with Gasteiger partial charge in [-0.25, -0.2) is 8.42 Å². The first-order chi connectivity index (χ1) is 11.6. The van der Waals surface area contributed by atoms with Gasteiger partial charge in [-0.2, -0.15) is 4.31 Å². The Kier molecular flexibility index (Phi) is 3.90. The van der Waals surface area contributed by atoms with Gasteiger partial charge in [0.15, 0.2) is 0 Å². The highest BCUT2D eigenvalue weighted by atomic mass is 32.2. The Labute approximate surface area is 142 Å². The molecular weight excluding hydrogens is 320 g/mol. The van der Waals surface area contributed by atoms with E-state index in [1.807, 2.05) is 18.2 Å². The zero-order valence-corrected chi connectivity index (χ0v) is 14.2. The van der Waals surface area contributed by atoms with Gasteiger partial charge in [-0.3, -0.25) is 0 Å². The van der Waals surface area contributed by atoms with Crippen molar-refractivity contribution in [2.45, 2.75) is 23.7 Å². The Balaban J connectivity index is 1.62. The first-order valence-corrected chi connectivity index (χ1v) is 9.71. The number of hydrogen-bond donors (Lipinski definition) is 1. The van der Waals surface area contributed by atoms with E-state index in [4.69, 9.17) is 0 Å². The highest BCUT2D eigenvalue weighted by Gasteiger charge is 2.31. The number of sulfonamides is 1. The van der Waals surface area contributed by atoms with E-state index in [-0.39, 0.29) is 5.92 Å². The molecule has 0 aliphatic carbocycles. The van der Waals surface area contributed by atoms with Crippen LogP contribution in [0.25, 0.3) is 10.9 Å². The van der Waals surface area contributed by atoms with Gasteiger partial charge < -0.3 is 4.98 Å². The lowest BCUT2D eigenvalue weighted by Gasteiger charge is -2.31. The number of aromatic amines is 1. The number of nitrogens with one attached hydrogen (secondary N) is 1. The second kappa shape index (κ2) is 6.07. The maximum atomic E-state index is 12.9. The Hall–Kier alpha value is -2.11. The Morgan fingerprint density at radius 3 is 2.54 bits per heavy atom. The number of H-pyrrole nitrogens is 1. The summed E-state index contributed by atoms with van der Waals surface area (Å²) < 4.78 is 27.3. The number of piperidine rings is 1. The number of aromatic nitrogens is 1. The van der Waals surface area contributed by atoms with Crippen molar-refractivity contribution in [3.05, 3.63) is 66.4 Å². The van der Waals surface area contributed by atoms with Crippen LogP contribution >= 0.6 is 0 Å². The summed E-state index contributed by atoms with van der Waals surface area (Å²) >= 11 is 0. The molecule has 1 aliphatic heterocycles. The maximum absolute atomic E-state index is 12.9. The van der Waals surface area contributed by atoms with Gasteiger partial charge in [-0.05, 0) is 42.5 Å². The molecule has 0 bridgehead atoms. The predicted octanol–water partition coefficient (Wildman–Crippen LogP) is 3.74. The molecule has 1 aromatic heterocycles. The van der Waals surface area contributed by atoms with E-state index >= 15 is 0 Å². The first kappa shape index (κ1) is 15.4. The van der Waals surface area contributed by atoms with Gasteiger partial charge in [-0.1, -0.05) is 36.4 Å². The number of fused-ring (bicyclic) bond motifs is 1. The SMILES string of the molecule is O=S(=O)(c1ccccc1)N1CCCC(c2cc3ccccc3[nH]2)C1. The monoisotopic (exact) mass is 340 g/mol. The molecule has 124 valence electrons. The van der Waals surface area contributed by atoms with E-state index in [9.17, 15) is 8.42 Å². The van der Waals surface area contributed by atoms with E-state index in [2.05, 4.69) is 23.2 Å². The van der Waals surface area contributed by atoms with Crippen molar-refractivity contribution < 1.29 is 8.42 Å². The topological polar surface area (TPSA) is 53.2 Å². The number of rotatable bonds is 3. The maximum Gasteiger partial charge on any atom is 0.243 e. The number of benzene rings is 2. The smallest absolute Gasteiger partial charge is 0.243 e. The van der Waals surface area contributed by atoms with Gasteiger partial charge in [0, 0.05) is 30.2 Å². The van der Waals surface area contributed by atoms with Crippen LogP contribution in [0.15, 0.2) is 65.6 Å². The van der Waals surface area contributed by atoms with Crippen molar-refractivity contribution in [2.24, 2.45) is 0 Å². The van der Waals surface area contributed by atoms with Crippen molar-refractivity contribution in [2.75, 3.05) is 13.1 Å². The number of nitrogens with zero attached hydrogens (tertiary/aromatic N) is 1. The van der Waals surface area contributed by atoms with E-state index in [1.54, 1.807) is 28.6 Å². The summed E-state index contributed by atoms with van der Waals surface area (Å²) in [5.74, 6) is 0.213. The van der Waals surface area contributed by atoms with Crippen molar-refractivity contribution >= 4 is 20.9 Å². The molecule has 2 heterocycles. The molecular formula is C19H20N2O2S. The Morgan fingerprint density at radius 1 is 1.00 bits per heavy atom. The fourth-order valence-electron chi connectivity index (χ4n) is 3.47. The third-order valence-electron chi connectivity index (χ3n) is 4.76. The normalized spacial score (nSPS) is 19.6. The van der Waals surface area contributed by atoms with Crippen LogP contribution in [0.1, 0.15) is 24.5 Å². The molecule has 24 heavy (non-hydrogen) atoms. The molecule has 4 nitrogen and oxygen atoms in total. The molecule has 2 aromatic carbocycles. The zero-order valence-electron chi connectivity index (χ0n) is 13.4. The number of hydrogen-bond acceptors (Lipinski definition) is 2.